The number of hydrogen-bond acceptors (Lipinski definition) is 3. The smallest absolute Gasteiger partial charge is 0.255 e. The largest absolute Gasteiger partial charge is 0.507 e. The molecule has 0 saturated carbocycles. The van der Waals surface area contributed by atoms with E-state index in [1.54, 1.807) is 18.2 Å². The van der Waals surface area contributed by atoms with Gasteiger partial charge >= 0.3 is 0 Å². The highest BCUT2D eigenvalue weighted by molar-refractivity contribution is 5.96. The minimum Gasteiger partial charge on any atom is -0.507 e. The van der Waals surface area contributed by atoms with Crippen LogP contribution < -0.4 is 5.32 Å². The van der Waals surface area contributed by atoms with E-state index in [1.807, 2.05) is 6.92 Å². The Hall–Kier alpha value is -2.02. The number of benzene rings is 1. The summed E-state index contributed by atoms with van der Waals surface area (Å²) in [5.41, 5.74) is 1.20. The summed E-state index contributed by atoms with van der Waals surface area (Å²) in [6, 6.07) is 7.00. The number of carbonyl (C=O) groups is 1. The van der Waals surface area contributed by atoms with Gasteiger partial charge in [0.25, 0.3) is 5.91 Å². The second-order valence-electron chi connectivity index (χ2n) is 3.89. The van der Waals surface area contributed by atoms with Crippen molar-refractivity contribution >= 4 is 5.91 Å². The van der Waals surface area contributed by atoms with Crippen molar-refractivity contribution in [1.82, 2.24) is 5.32 Å². The monoisotopic (exact) mass is 232 g/mol. The Bertz CT molecular complexity index is 436. The first-order valence-electron chi connectivity index (χ1n) is 5.60. The van der Waals surface area contributed by atoms with E-state index in [4.69, 9.17) is 5.26 Å². The van der Waals surface area contributed by atoms with Crippen LogP contribution in [0.1, 0.15) is 35.2 Å². The summed E-state index contributed by atoms with van der Waals surface area (Å²) in [5.74, 6) is -0.279. The van der Waals surface area contributed by atoms with E-state index in [2.05, 4.69) is 11.4 Å². The van der Waals surface area contributed by atoms with Crippen molar-refractivity contribution in [2.75, 3.05) is 6.54 Å². The number of amides is 1. The molecule has 0 heterocycles. The molecule has 17 heavy (non-hydrogen) atoms. The lowest BCUT2D eigenvalue weighted by molar-refractivity contribution is 0.0950. The number of aromatic hydroxyl groups is 1. The van der Waals surface area contributed by atoms with E-state index < -0.39 is 0 Å². The van der Waals surface area contributed by atoms with Crippen molar-refractivity contribution in [3.05, 3.63) is 29.3 Å². The van der Waals surface area contributed by atoms with E-state index in [0.29, 0.717) is 13.0 Å². The lowest BCUT2D eigenvalue weighted by Crippen LogP contribution is -2.24. The standard InChI is InChI=1S/C13H16N2O2/c1-10-5-6-11(12(16)9-10)13(17)15-8-4-2-3-7-14/h5-6,9,16H,2-4,8H2,1H3,(H,15,17). The fourth-order valence-corrected chi connectivity index (χ4v) is 1.46. The minimum atomic E-state index is -0.278. The van der Waals surface area contributed by atoms with Gasteiger partial charge in [0.2, 0.25) is 0 Å². The molecule has 1 rings (SSSR count). The number of rotatable bonds is 5. The summed E-state index contributed by atoms with van der Waals surface area (Å²) in [4.78, 5) is 11.7. The predicted octanol–water partition coefficient (Wildman–Crippen LogP) is 2.12. The van der Waals surface area contributed by atoms with Gasteiger partial charge in [-0.3, -0.25) is 4.79 Å². The molecule has 4 nitrogen and oxygen atoms in total. The Morgan fingerprint density at radius 1 is 1.47 bits per heavy atom. The summed E-state index contributed by atoms with van der Waals surface area (Å²) in [7, 11) is 0. The number of carbonyl (C=O) groups excluding carboxylic acids is 1. The Morgan fingerprint density at radius 3 is 2.88 bits per heavy atom. The average molecular weight is 232 g/mol. The third-order valence-electron chi connectivity index (χ3n) is 2.40. The first-order valence-corrected chi connectivity index (χ1v) is 5.60. The van der Waals surface area contributed by atoms with Gasteiger partial charge < -0.3 is 10.4 Å². The van der Waals surface area contributed by atoms with Crippen molar-refractivity contribution in [1.29, 1.82) is 5.26 Å². The number of phenolic OH excluding ortho intramolecular Hbond substituents is 1. The molecule has 0 aliphatic rings. The first-order chi connectivity index (χ1) is 8.15. The summed E-state index contributed by atoms with van der Waals surface area (Å²) in [6.45, 7) is 2.37. The second-order valence-corrected chi connectivity index (χ2v) is 3.89. The van der Waals surface area contributed by atoms with Crippen LogP contribution in [0.4, 0.5) is 0 Å². The number of hydrogen-bond donors (Lipinski definition) is 2. The van der Waals surface area contributed by atoms with Crippen LogP contribution in [0.5, 0.6) is 5.75 Å². The Labute approximate surface area is 101 Å². The molecule has 0 atom stereocenters. The second kappa shape index (κ2) is 6.54. The number of aryl methyl sites for hydroxylation is 1. The van der Waals surface area contributed by atoms with E-state index in [0.717, 1.165) is 18.4 Å². The maximum atomic E-state index is 11.7. The van der Waals surface area contributed by atoms with Gasteiger partial charge in [0, 0.05) is 13.0 Å². The number of nitrogens with zero attached hydrogens (tertiary/aromatic N) is 1. The highest BCUT2D eigenvalue weighted by atomic mass is 16.3. The van der Waals surface area contributed by atoms with Crippen LogP contribution in [0.2, 0.25) is 0 Å². The molecule has 0 aromatic heterocycles. The zero-order valence-electron chi connectivity index (χ0n) is 9.86. The summed E-state index contributed by atoms with van der Waals surface area (Å²) >= 11 is 0. The van der Waals surface area contributed by atoms with Crippen LogP contribution in [0, 0.1) is 18.3 Å². The fourth-order valence-electron chi connectivity index (χ4n) is 1.46. The van der Waals surface area contributed by atoms with Crippen LogP contribution in [0.3, 0.4) is 0 Å². The molecule has 90 valence electrons. The van der Waals surface area contributed by atoms with Crippen molar-refractivity contribution in [3.63, 3.8) is 0 Å². The molecule has 4 heteroatoms. The van der Waals surface area contributed by atoms with Crippen molar-refractivity contribution < 1.29 is 9.90 Å². The zero-order chi connectivity index (χ0) is 12.7. The van der Waals surface area contributed by atoms with Gasteiger partial charge in [-0.2, -0.15) is 5.26 Å². The van der Waals surface area contributed by atoms with E-state index in [9.17, 15) is 9.90 Å². The molecule has 0 spiro atoms. The molecule has 0 unspecified atom stereocenters. The van der Waals surface area contributed by atoms with Crippen LogP contribution in [-0.4, -0.2) is 17.6 Å². The lowest BCUT2D eigenvalue weighted by Gasteiger charge is -2.06. The summed E-state index contributed by atoms with van der Waals surface area (Å²) in [6.07, 6.45) is 2.05. The highest BCUT2D eigenvalue weighted by Gasteiger charge is 2.09. The molecular weight excluding hydrogens is 216 g/mol. The van der Waals surface area contributed by atoms with E-state index in [-0.39, 0.29) is 17.2 Å². The normalized spacial score (nSPS) is 9.65. The maximum Gasteiger partial charge on any atom is 0.255 e. The summed E-state index contributed by atoms with van der Waals surface area (Å²) in [5, 5.41) is 20.7. The topological polar surface area (TPSA) is 73.1 Å². The van der Waals surface area contributed by atoms with Crippen LogP contribution in [-0.2, 0) is 0 Å². The SMILES string of the molecule is Cc1ccc(C(=O)NCCCCC#N)c(O)c1. The molecule has 0 aliphatic carbocycles. The zero-order valence-corrected chi connectivity index (χ0v) is 9.86. The van der Waals surface area contributed by atoms with Crippen LogP contribution >= 0.6 is 0 Å². The maximum absolute atomic E-state index is 11.7. The van der Waals surface area contributed by atoms with Crippen molar-refractivity contribution in [2.45, 2.75) is 26.2 Å². The highest BCUT2D eigenvalue weighted by Crippen LogP contribution is 2.17. The van der Waals surface area contributed by atoms with Crippen LogP contribution in [0.15, 0.2) is 18.2 Å². The molecule has 2 N–H and O–H groups in total. The van der Waals surface area contributed by atoms with Gasteiger partial charge in [-0.1, -0.05) is 6.07 Å². The predicted molar refractivity (Wildman–Crippen MR) is 64.6 cm³/mol. The van der Waals surface area contributed by atoms with Crippen molar-refractivity contribution in [2.24, 2.45) is 0 Å². The number of nitrogens with one attached hydrogen (secondary N) is 1. The van der Waals surface area contributed by atoms with E-state index >= 15 is 0 Å². The number of unbranched alkanes of at least 4 members (excludes halogenated alkanes) is 2. The molecule has 0 bridgehead atoms. The van der Waals surface area contributed by atoms with Gasteiger partial charge in [-0.15, -0.1) is 0 Å². The Morgan fingerprint density at radius 2 is 2.24 bits per heavy atom. The third kappa shape index (κ3) is 4.15. The van der Waals surface area contributed by atoms with E-state index in [1.165, 1.54) is 0 Å². The summed E-state index contributed by atoms with van der Waals surface area (Å²) < 4.78 is 0. The Kier molecular flexibility index (Phi) is 5.02. The van der Waals surface area contributed by atoms with Crippen molar-refractivity contribution in [3.8, 4) is 11.8 Å². The lowest BCUT2D eigenvalue weighted by atomic mass is 10.1. The van der Waals surface area contributed by atoms with Gasteiger partial charge in [-0.25, -0.2) is 0 Å². The van der Waals surface area contributed by atoms with Crippen LogP contribution in [0.25, 0.3) is 0 Å². The van der Waals surface area contributed by atoms with Gasteiger partial charge in [0.15, 0.2) is 0 Å². The molecule has 1 aromatic rings. The fraction of sp³-hybridized carbons (Fsp3) is 0.385. The molecule has 0 radical (unpaired) electrons. The molecule has 1 amide bonds. The number of nitriles is 1. The average Bonchev–Trinajstić information content (AvgIpc) is 2.28. The minimum absolute atomic E-state index is 0.000440. The quantitative estimate of drug-likeness (QED) is 0.764. The van der Waals surface area contributed by atoms with Gasteiger partial charge in [0.05, 0.1) is 11.6 Å². The molecular formula is C13H16N2O2. The molecule has 1 aromatic carbocycles. The van der Waals surface area contributed by atoms with Gasteiger partial charge in [-0.05, 0) is 37.5 Å². The number of phenols is 1. The Balaban J connectivity index is 2.45. The molecule has 0 saturated heterocycles. The molecule has 0 aliphatic heterocycles. The first kappa shape index (κ1) is 13.0. The van der Waals surface area contributed by atoms with Gasteiger partial charge in [0.1, 0.15) is 5.75 Å². The molecule has 0 fully saturated rings. The third-order valence-corrected chi connectivity index (χ3v) is 2.40.